The van der Waals surface area contributed by atoms with Crippen LogP contribution in [0.5, 0.6) is 0 Å². The van der Waals surface area contributed by atoms with Crippen LogP contribution in [0.25, 0.3) is 5.69 Å². The zero-order chi connectivity index (χ0) is 14.0. The first kappa shape index (κ1) is 14.4. The summed E-state index contributed by atoms with van der Waals surface area (Å²) >= 11 is 10.6. The molecular weight excluding hydrogens is 354 g/mol. The third kappa shape index (κ3) is 3.29. The molecule has 0 spiro atoms. The fraction of sp³-hybridized carbons (Fsp3) is 0.182. The third-order valence-corrected chi connectivity index (χ3v) is 3.98. The Balaban J connectivity index is 2.43. The van der Waals surface area contributed by atoms with Crippen LogP contribution in [0.4, 0.5) is 0 Å². The Morgan fingerprint density at radius 1 is 1.53 bits per heavy atom. The molecule has 0 aliphatic heterocycles. The lowest BCUT2D eigenvalue weighted by atomic mass is 10.3. The lowest BCUT2D eigenvalue weighted by molar-refractivity contribution is -0.133. The maximum Gasteiger partial charge on any atom is 0.313 e. The zero-order valence-electron chi connectivity index (χ0n) is 9.80. The molecule has 0 saturated carbocycles. The number of aromatic nitrogens is 3. The van der Waals surface area contributed by atoms with Crippen molar-refractivity contribution in [3.63, 3.8) is 0 Å². The average Bonchev–Trinajstić information content (AvgIpc) is 2.68. The molecule has 0 aliphatic rings. The molecule has 5 nitrogen and oxygen atoms in total. The van der Waals surface area contributed by atoms with Crippen LogP contribution in [0.15, 0.2) is 27.8 Å². The van der Waals surface area contributed by atoms with Gasteiger partial charge in [0, 0.05) is 4.47 Å². The summed E-state index contributed by atoms with van der Waals surface area (Å²) in [6.45, 7) is 1.79. The molecule has 1 N–H and O–H groups in total. The van der Waals surface area contributed by atoms with Crippen LogP contribution in [-0.2, 0) is 4.79 Å². The van der Waals surface area contributed by atoms with Gasteiger partial charge in [-0.2, -0.15) is 0 Å². The first-order valence-electron chi connectivity index (χ1n) is 5.21. The van der Waals surface area contributed by atoms with Crippen molar-refractivity contribution in [2.75, 3.05) is 5.75 Å². The van der Waals surface area contributed by atoms with E-state index in [0.29, 0.717) is 16.0 Å². The number of thioether (sulfide) groups is 1. The van der Waals surface area contributed by atoms with E-state index >= 15 is 0 Å². The molecule has 0 aliphatic carbocycles. The number of benzene rings is 1. The predicted molar refractivity (Wildman–Crippen MR) is 77.2 cm³/mol. The molecule has 0 fully saturated rings. The van der Waals surface area contributed by atoms with Crippen LogP contribution in [0, 0.1) is 6.92 Å². The number of carboxylic acid groups (broad SMARTS) is 1. The molecule has 1 heterocycles. The summed E-state index contributed by atoms with van der Waals surface area (Å²) in [4.78, 5) is 10.6. The maximum absolute atomic E-state index is 10.6. The van der Waals surface area contributed by atoms with E-state index < -0.39 is 5.97 Å². The Morgan fingerprint density at radius 3 is 2.89 bits per heavy atom. The Labute approximate surface area is 127 Å². The van der Waals surface area contributed by atoms with Crippen molar-refractivity contribution in [1.82, 2.24) is 14.8 Å². The molecule has 19 heavy (non-hydrogen) atoms. The Bertz CT molecular complexity index is 632. The van der Waals surface area contributed by atoms with Gasteiger partial charge in [0.05, 0.1) is 16.5 Å². The number of halogens is 2. The van der Waals surface area contributed by atoms with E-state index in [4.69, 9.17) is 16.7 Å². The molecule has 0 saturated heterocycles. The Morgan fingerprint density at radius 2 is 2.26 bits per heavy atom. The molecule has 0 amide bonds. The van der Waals surface area contributed by atoms with Crippen LogP contribution < -0.4 is 0 Å². The molecule has 1 aromatic carbocycles. The van der Waals surface area contributed by atoms with Crippen molar-refractivity contribution in [2.45, 2.75) is 12.1 Å². The molecule has 0 bridgehead atoms. The van der Waals surface area contributed by atoms with Crippen molar-refractivity contribution in [1.29, 1.82) is 0 Å². The van der Waals surface area contributed by atoms with Gasteiger partial charge in [0.15, 0.2) is 5.16 Å². The lowest BCUT2D eigenvalue weighted by Gasteiger charge is -2.09. The summed E-state index contributed by atoms with van der Waals surface area (Å²) in [5, 5.41) is 17.7. The number of aryl methyl sites for hydroxylation is 1. The quantitative estimate of drug-likeness (QED) is 0.846. The molecule has 8 heteroatoms. The van der Waals surface area contributed by atoms with Gasteiger partial charge in [-0.25, -0.2) is 0 Å². The molecule has 2 rings (SSSR count). The number of carboxylic acids is 1. The number of hydrogen-bond acceptors (Lipinski definition) is 4. The van der Waals surface area contributed by atoms with Crippen LogP contribution in [0.2, 0.25) is 5.02 Å². The normalized spacial score (nSPS) is 10.7. The maximum atomic E-state index is 10.6. The van der Waals surface area contributed by atoms with Gasteiger partial charge in [0.1, 0.15) is 5.82 Å². The van der Waals surface area contributed by atoms with Crippen LogP contribution >= 0.6 is 39.3 Å². The molecular formula is C11H9BrClN3O2S. The standard InChI is InChI=1S/C11H9BrClN3O2S/c1-6-14-15-11(19-5-10(17)18)16(6)9-3-2-7(12)4-8(9)13/h2-4H,5H2,1H3,(H,17,18). The van der Waals surface area contributed by atoms with Crippen LogP contribution in [-0.4, -0.2) is 31.6 Å². The molecule has 0 unspecified atom stereocenters. The van der Waals surface area contributed by atoms with Crippen LogP contribution in [0.3, 0.4) is 0 Å². The van der Waals surface area contributed by atoms with Gasteiger partial charge in [-0.3, -0.25) is 9.36 Å². The molecule has 100 valence electrons. The van der Waals surface area contributed by atoms with Crippen molar-refractivity contribution in [3.05, 3.63) is 33.5 Å². The summed E-state index contributed by atoms with van der Waals surface area (Å²) in [5.74, 6) is -0.331. The van der Waals surface area contributed by atoms with Gasteiger partial charge in [-0.15, -0.1) is 10.2 Å². The number of aliphatic carboxylic acids is 1. The minimum absolute atomic E-state index is 0.0771. The highest BCUT2D eigenvalue weighted by Crippen LogP contribution is 2.29. The second-order valence-electron chi connectivity index (χ2n) is 3.64. The summed E-state index contributed by atoms with van der Waals surface area (Å²) in [6.07, 6.45) is 0. The smallest absolute Gasteiger partial charge is 0.313 e. The SMILES string of the molecule is Cc1nnc(SCC(=O)O)n1-c1ccc(Br)cc1Cl. The molecule has 0 radical (unpaired) electrons. The number of nitrogens with zero attached hydrogens (tertiary/aromatic N) is 3. The highest BCUT2D eigenvalue weighted by Gasteiger charge is 2.15. The van der Waals surface area contributed by atoms with Gasteiger partial charge < -0.3 is 5.11 Å². The third-order valence-electron chi connectivity index (χ3n) is 2.27. The van der Waals surface area contributed by atoms with E-state index in [9.17, 15) is 4.79 Å². The van der Waals surface area contributed by atoms with Crippen molar-refractivity contribution in [2.24, 2.45) is 0 Å². The fourth-order valence-corrected chi connectivity index (χ4v) is 2.97. The predicted octanol–water partition coefficient (Wildman–Crippen LogP) is 3.17. The van der Waals surface area contributed by atoms with Crippen molar-refractivity contribution >= 4 is 45.3 Å². The van der Waals surface area contributed by atoms with E-state index in [-0.39, 0.29) is 5.75 Å². The summed E-state index contributed by atoms with van der Waals surface area (Å²) in [6, 6.07) is 5.45. The topological polar surface area (TPSA) is 68.0 Å². The van der Waals surface area contributed by atoms with E-state index in [1.165, 1.54) is 0 Å². The van der Waals surface area contributed by atoms with E-state index in [2.05, 4.69) is 26.1 Å². The summed E-state index contributed by atoms with van der Waals surface area (Å²) < 4.78 is 2.61. The van der Waals surface area contributed by atoms with E-state index in [0.717, 1.165) is 21.9 Å². The van der Waals surface area contributed by atoms with E-state index in [1.54, 1.807) is 17.6 Å². The minimum atomic E-state index is -0.904. The van der Waals surface area contributed by atoms with Crippen molar-refractivity contribution < 1.29 is 9.90 Å². The fourth-order valence-electron chi connectivity index (χ4n) is 1.50. The second kappa shape index (κ2) is 5.94. The molecule has 1 aromatic heterocycles. The van der Waals surface area contributed by atoms with Gasteiger partial charge in [0.25, 0.3) is 0 Å². The average molecular weight is 363 g/mol. The largest absolute Gasteiger partial charge is 0.481 e. The highest BCUT2D eigenvalue weighted by atomic mass is 79.9. The first-order chi connectivity index (χ1) is 8.99. The first-order valence-corrected chi connectivity index (χ1v) is 7.36. The monoisotopic (exact) mass is 361 g/mol. The lowest BCUT2D eigenvalue weighted by Crippen LogP contribution is -2.03. The Kier molecular flexibility index (Phi) is 4.49. The van der Waals surface area contributed by atoms with Gasteiger partial charge >= 0.3 is 5.97 Å². The number of rotatable bonds is 4. The summed E-state index contributed by atoms with van der Waals surface area (Å²) in [5.41, 5.74) is 0.722. The molecule has 2 aromatic rings. The van der Waals surface area contributed by atoms with E-state index in [1.807, 2.05) is 12.1 Å². The minimum Gasteiger partial charge on any atom is -0.481 e. The highest BCUT2D eigenvalue weighted by molar-refractivity contribution is 9.10. The zero-order valence-corrected chi connectivity index (χ0v) is 13.0. The van der Waals surface area contributed by atoms with Gasteiger partial charge in [0.2, 0.25) is 0 Å². The van der Waals surface area contributed by atoms with Crippen LogP contribution in [0.1, 0.15) is 5.82 Å². The second-order valence-corrected chi connectivity index (χ2v) is 5.91. The number of carbonyl (C=O) groups is 1. The Hall–Kier alpha value is -1.05. The van der Waals surface area contributed by atoms with Crippen molar-refractivity contribution in [3.8, 4) is 5.69 Å². The van der Waals surface area contributed by atoms with Gasteiger partial charge in [-0.1, -0.05) is 39.3 Å². The number of hydrogen-bond donors (Lipinski definition) is 1. The summed E-state index contributed by atoms with van der Waals surface area (Å²) in [7, 11) is 0. The molecule has 0 atom stereocenters. The van der Waals surface area contributed by atoms with Gasteiger partial charge in [-0.05, 0) is 25.1 Å².